The summed E-state index contributed by atoms with van der Waals surface area (Å²) >= 11 is 6.10. The van der Waals surface area contributed by atoms with E-state index in [1.807, 2.05) is 13.0 Å². The number of nitrogens with one attached hydrogen (secondary N) is 2. The predicted molar refractivity (Wildman–Crippen MR) is 115 cm³/mol. The Bertz CT molecular complexity index is 1080. The van der Waals surface area contributed by atoms with Crippen molar-refractivity contribution in [1.29, 1.82) is 0 Å². The third kappa shape index (κ3) is 4.84. The van der Waals surface area contributed by atoms with Crippen LogP contribution in [0.2, 0.25) is 5.02 Å². The molecule has 1 saturated heterocycles. The van der Waals surface area contributed by atoms with E-state index in [2.05, 4.69) is 25.6 Å². The number of carbonyl (C=O) groups is 1. The van der Waals surface area contributed by atoms with E-state index in [9.17, 15) is 9.90 Å². The maximum absolute atomic E-state index is 12.6. The number of rotatable bonds is 7. The van der Waals surface area contributed by atoms with Crippen molar-refractivity contribution in [1.82, 2.24) is 24.8 Å². The van der Waals surface area contributed by atoms with Crippen molar-refractivity contribution < 1.29 is 14.6 Å². The Morgan fingerprint density at radius 3 is 3.03 bits per heavy atom. The van der Waals surface area contributed by atoms with Gasteiger partial charge in [-0.25, -0.2) is 9.97 Å². The van der Waals surface area contributed by atoms with E-state index in [1.165, 1.54) is 0 Å². The lowest BCUT2D eigenvalue weighted by molar-refractivity contribution is 0.0946. The Kier molecular flexibility index (Phi) is 6.45. The van der Waals surface area contributed by atoms with Crippen molar-refractivity contribution >= 4 is 23.5 Å². The summed E-state index contributed by atoms with van der Waals surface area (Å²) in [6.45, 7) is 3.28. The number of benzene rings is 1. The number of ether oxygens (including phenoxy) is 1. The minimum absolute atomic E-state index is 0.190. The number of amides is 1. The number of aryl methyl sites for hydroxylation is 1. The molecule has 1 aliphatic heterocycles. The molecule has 0 unspecified atom stereocenters. The quantitative estimate of drug-likeness (QED) is 0.514. The summed E-state index contributed by atoms with van der Waals surface area (Å²) in [6.07, 6.45) is 5.81. The Hall–Kier alpha value is -3.01. The van der Waals surface area contributed by atoms with Gasteiger partial charge in [0.05, 0.1) is 19.3 Å². The van der Waals surface area contributed by atoms with Gasteiger partial charge in [0, 0.05) is 41.7 Å². The van der Waals surface area contributed by atoms with Crippen LogP contribution in [0.5, 0.6) is 0 Å². The molecule has 1 aliphatic rings. The molecule has 0 spiro atoms. The third-order valence-corrected chi connectivity index (χ3v) is 5.44. The van der Waals surface area contributed by atoms with Crippen LogP contribution in [0.1, 0.15) is 33.6 Å². The largest absolute Gasteiger partial charge is 0.392 e. The minimum atomic E-state index is -0.337. The lowest BCUT2D eigenvalue weighted by atomic mass is 10.1. The van der Waals surface area contributed by atoms with Crippen LogP contribution in [0.25, 0.3) is 5.82 Å². The van der Waals surface area contributed by atoms with Crippen LogP contribution in [-0.2, 0) is 17.9 Å². The first-order valence-electron chi connectivity index (χ1n) is 9.92. The Labute approximate surface area is 184 Å². The molecule has 0 aliphatic carbocycles. The maximum atomic E-state index is 12.6. The molecule has 1 aromatic carbocycles. The summed E-state index contributed by atoms with van der Waals surface area (Å²) < 4.78 is 7.07. The van der Waals surface area contributed by atoms with E-state index in [0.717, 1.165) is 24.2 Å². The number of hydrogen-bond acceptors (Lipinski definition) is 7. The van der Waals surface area contributed by atoms with Gasteiger partial charge in [0.15, 0.2) is 0 Å². The molecule has 162 valence electrons. The van der Waals surface area contributed by atoms with Crippen molar-refractivity contribution in [2.45, 2.75) is 32.5 Å². The van der Waals surface area contributed by atoms with E-state index >= 15 is 0 Å². The van der Waals surface area contributed by atoms with Gasteiger partial charge < -0.3 is 20.5 Å². The molecule has 1 amide bonds. The van der Waals surface area contributed by atoms with Gasteiger partial charge in [0.1, 0.15) is 17.8 Å². The first-order chi connectivity index (χ1) is 15.0. The molecule has 4 rings (SSSR count). The van der Waals surface area contributed by atoms with Gasteiger partial charge >= 0.3 is 0 Å². The van der Waals surface area contributed by atoms with Crippen LogP contribution < -0.4 is 10.6 Å². The van der Waals surface area contributed by atoms with Crippen molar-refractivity contribution in [3.05, 3.63) is 64.3 Å². The van der Waals surface area contributed by atoms with Crippen molar-refractivity contribution in [2.24, 2.45) is 0 Å². The standard InChI is InChI=1S/C21H23ClN6O3/c1-13-7-24-21(26-15-5-6-31-11-15)27-19(13)28-9-18(25-12-28)20(30)23-8-14-3-2-4-17(22)16(14)10-29/h2-4,7,9,12,15,29H,5-6,8,10-11H2,1H3,(H,23,30)(H,24,26,27)/t15-/m0/s1. The van der Waals surface area contributed by atoms with E-state index < -0.39 is 0 Å². The van der Waals surface area contributed by atoms with Crippen LogP contribution in [0.3, 0.4) is 0 Å². The first kappa shape index (κ1) is 21.2. The molecule has 1 fully saturated rings. The van der Waals surface area contributed by atoms with Crippen molar-refractivity contribution in [2.75, 3.05) is 18.5 Å². The van der Waals surface area contributed by atoms with Crippen LogP contribution in [-0.4, -0.2) is 49.8 Å². The Morgan fingerprint density at radius 1 is 1.39 bits per heavy atom. The summed E-state index contributed by atoms with van der Waals surface area (Å²) in [5, 5.41) is 16.1. The number of carbonyl (C=O) groups excluding carboxylic acids is 1. The number of aliphatic hydroxyl groups is 1. The van der Waals surface area contributed by atoms with Gasteiger partial charge in [-0.3, -0.25) is 9.36 Å². The van der Waals surface area contributed by atoms with Crippen molar-refractivity contribution in [3.8, 4) is 5.82 Å². The zero-order valence-electron chi connectivity index (χ0n) is 17.0. The number of aromatic nitrogens is 4. The van der Waals surface area contributed by atoms with E-state index in [-0.39, 0.29) is 30.8 Å². The van der Waals surface area contributed by atoms with Gasteiger partial charge in [-0.2, -0.15) is 4.98 Å². The Balaban J connectivity index is 1.46. The molecular formula is C21H23ClN6O3. The fourth-order valence-electron chi connectivity index (χ4n) is 3.36. The molecule has 0 saturated carbocycles. The molecule has 31 heavy (non-hydrogen) atoms. The highest BCUT2D eigenvalue weighted by atomic mass is 35.5. The molecule has 10 heteroatoms. The summed E-state index contributed by atoms with van der Waals surface area (Å²) in [4.78, 5) is 25.7. The van der Waals surface area contributed by atoms with Crippen LogP contribution in [0.4, 0.5) is 5.95 Å². The molecule has 0 radical (unpaired) electrons. The number of imidazole rings is 1. The number of halogens is 1. The fourth-order valence-corrected chi connectivity index (χ4v) is 3.62. The average Bonchev–Trinajstić information content (AvgIpc) is 3.46. The Morgan fingerprint density at radius 2 is 2.26 bits per heavy atom. The lowest BCUT2D eigenvalue weighted by Gasteiger charge is -2.12. The monoisotopic (exact) mass is 442 g/mol. The topological polar surface area (TPSA) is 114 Å². The number of hydrogen-bond donors (Lipinski definition) is 3. The summed E-state index contributed by atoms with van der Waals surface area (Å²) in [5.74, 6) is 0.810. The fraction of sp³-hybridized carbons (Fsp3) is 0.333. The molecule has 0 bridgehead atoms. The van der Waals surface area contributed by atoms with Gasteiger partial charge in [-0.05, 0) is 25.0 Å². The lowest BCUT2D eigenvalue weighted by Crippen LogP contribution is -2.24. The molecule has 2 aromatic heterocycles. The second-order valence-corrected chi connectivity index (χ2v) is 7.70. The SMILES string of the molecule is Cc1cnc(N[C@H]2CCOC2)nc1-n1cnc(C(=O)NCc2cccc(Cl)c2CO)c1. The third-order valence-electron chi connectivity index (χ3n) is 5.08. The van der Waals surface area contributed by atoms with Gasteiger partial charge in [0.25, 0.3) is 5.91 Å². The van der Waals surface area contributed by atoms with E-state index in [4.69, 9.17) is 16.3 Å². The summed E-state index contributed by atoms with van der Waals surface area (Å²) in [5.41, 5.74) is 2.45. The van der Waals surface area contributed by atoms with Gasteiger partial charge in [0.2, 0.25) is 5.95 Å². The first-order valence-corrected chi connectivity index (χ1v) is 10.3. The number of aliphatic hydroxyl groups excluding tert-OH is 1. The van der Waals surface area contributed by atoms with Crippen LogP contribution in [0.15, 0.2) is 36.9 Å². The second kappa shape index (κ2) is 9.42. The highest BCUT2D eigenvalue weighted by Crippen LogP contribution is 2.20. The molecule has 3 heterocycles. The molecule has 1 atom stereocenters. The van der Waals surface area contributed by atoms with Crippen LogP contribution in [0, 0.1) is 6.92 Å². The summed E-state index contributed by atoms with van der Waals surface area (Å²) in [6, 6.07) is 5.48. The highest BCUT2D eigenvalue weighted by molar-refractivity contribution is 6.31. The average molecular weight is 443 g/mol. The maximum Gasteiger partial charge on any atom is 0.271 e. The molecule has 3 aromatic rings. The van der Waals surface area contributed by atoms with Crippen LogP contribution >= 0.6 is 11.6 Å². The van der Waals surface area contributed by atoms with Crippen molar-refractivity contribution in [3.63, 3.8) is 0 Å². The second-order valence-electron chi connectivity index (χ2n) is 7.29. The number of nitrogens with zero attached hydrogens (tertiary/aromatic N) is 4. The summed E-state index contributed by atoms with van der Waals surface area (Å²) in [7, 11) is 0. The zero-order chi connectivity index (χ0) is 21.8. The predicted octanol–water partition coefficient (Wildman–Crippen LogP) is 2.25. The molecular weight excluding hydrogens is 420 g/mol. The highest BCUT2D eigenvalue weighted by Gasteiger charge is 2.18. The zero-order valence-corrected chi connectivity index (χ0v) is 17.8. The number of anilines is 1. The molecule has 3 N–H and O–H groups in total. The minimum Gasteiger partial charge on any atom is -0.392 e. The normalized spacial score (nSPS) is 15.8. The smallest absolute Gasteiger partial charge is 0.271 e. The molecule has 9 nitrogen and oxygen atoms in total. The van der Waals surface area contributed by atoms with Gasteiger partial charge in [-0.15, -0.1) is 0 Å². The van der Waals surface area contributed by atoms with E-state index in [0.29, 0.717) is 29.0 Å². The van der Waals surface area contributed by atoms with Gasteiger partial charge in [-0.1, -0.05) is 23.7 Å². The van der Waals surface area contributed by atoms with E-state index in [1.54, 1.807) is 35.4 Å².